The topological polar surface area (TPSA) is 62.2 Å². The van der Waals surface area contributed by atoms with Crippen molar-refractivity contribution in [3.63, 3.8) is 0 Å². The van der Waals surface area contributed by atoms with Gasteiger partial charge in [0.15, 0.2) is 0 Å². The Kier molecular flexibility index (Phi) is 5.14. The molecule has 4 nitrogen and oxygen atoms in total. The number of hydrogen-bond acceptors (Lipinski definition) is 3. The highest BCUT2D eigenvalue weighted by atomic mass is 16.3. The zero-order chi connectivity index (χ0) is 14.3. The minimum atomic E-state index is -0.809. The lowest BCUT2D eigenvalue weighted by Crippen LogP contribution is -2.38. The Labute approximate surface area is 119 Å². The highest BCUT2D eigenvalue weighted by Crippen LogP contribution is 2.30. The van der Waals surface area contributed by atoms with Gasteiger partial charge in [-0.2, -0.15) is 0 Å². The molecule has 106 valence electrons. The second-order valence-electron chi connectivity index (χ2n) is 5.26. The Hall–Kier alpha value is -1.86. The summed E-state index contributed by atoms with van der Waals surface area (Å²) in [7, 11) is 0. The van der Waals surface area contributed by atoms with Gasteiger partial charge in [0.25, 0.3) is 0 Å². The Morgan fingerprint density at radius 1 is 1.35 bits per heavy atom. The fraction of sp³-hybridized carbons (Fsp3) is 0.500. The molecule has 0 radical (unpaired) electrons. The van der Waals surface area contributed by atoms with E-state index in [1.807, 2.05) is 18.2 Å². The van der Waals surface area contributed by atoms with Crippen LogP contribution in [0.1, 0.15) is 44.2 Å². The third kappa shape index (κ3) is 4.67. The average molecular weight is 272 g/mol. The van der Waals surface area contributed by atoms with E-state index in [0.29, 0.717) is 5.69 Å². The molecule has 2 rings (SSSR count). The lowest BCUT2D eigenvalue weighted by atomic mass is 9.82. The Balaban J connectivity index is 1.74. The highest BCUT2D eigenvalue weighted by molar-refractivity contribution is 5.77. The molecular formula is C16H20N2O2. The smallest absolute Gasteiger partial charge is 0.223 e. The van der Waals surface area contributed by atoms with Gasteiger partial charge in [-0.25, -0.2) is 4.98 Å². The van der Waals surface area contributed by atoms with E-state index >= 15 is 0 Å². The summed E-state index contributed by atoms with van der Waals surface area (Å²) in [5, 5.41) is 13.0. The molecule has 4 heteroatoms. The van der Waals surface area contributed by atoms with Crippen LogP contribution in [0.2, 0.25) is 0 Å². The molecule has 0 aromatic carbocycles. The van der Waals surface area contributed by atoms with Crippen LogP contribution in [0.5, 0.6) is 0 Å². The van der Waals surface area contributed by atoms with Gasteiger partial charge in [0.05, 0.1) is 18.6 Å². The first-order valence-corrected chi connectivity index (χ1v) is 7.07. The molecule has 1 heterocycles. The van der Waals surface area contributed by atoms with Crippen LogP contribution in [-0.2, 0) is 4.79 Å². The summed E-state index contributed by atoms with van der Waals surface area (Å²) in [6, 6.07) is 5.52. The van der Waals surface area contributed by atoms with Gasteiger partial charge in [0.1, 0.15) is 5.69 Å². The molecule has 0 bridgehead atoms. The maximum atomic E-state index is 11.8. The van der Waals surface area contributed by atoms with Crippen molar-refractivity contribution in [1.29, 1.82) is 0 Å². The van der Waals surface area contributed by atoms with Crippen molar-refractivity contribution in [3.8, 4) is 11.8 Å². The van der Waals surface area contributed by atoms with E-state index in [4.69, 9.17) is 0 Å². The van der Waals surface area contributed by atoms with Crippen LogP contribution in [0.15, 0.2) is 24.4 Å². The van der Waals surface area contributed by atoms with E-state index in [1.54, 1.807) is 6.20 Å². The summed E-state index contributed by atoms with van der Waals surface area (Å²) in [5.74, 6) is 5.60. The lowest BCUT2D eigenvalue weighted by molar-refractivity contribution is -0.127. The maximum absolute atomic E-state index is 11.8. The van der Waals surface area contributed by atoms with Crippen LogP contribution in [0.25, 0.3) is 0 Å². The van der Waals surface area contributed by atoms with Crippen molar-refractivity contribution in [1.82, 2.24) is 10.3 Å². The molecule has 1 aliphatic carbocycles. The van der Waals surface area contributed by atoms with Crippen molar-refractivity contribution >= 4 is 5.91 Å². The van der Waals surface area contributed by atoms with Crippen LogP contribution in [-0.4, -0.2) is 28.1 Å². The highest BCUT2D eigenvalue weighted by Gasteiger charge is 2.31. The minimum absolute atomic E-state index is 0.135. The van der Waals surface area contributed by atoms with Crippen molar-refractivity contribution in [3.05, 3.63) is 30.1 Å². The number of carbonyl (C=O) groups is 1. The largest absolute Gasteiger partial charge is 0.389 e. The van der Waals surface area contributed by atoms with Gasteiger partial charge in [-0.3, -0.25) is 4.79 Å². The summed E-state index contributed by atoms with van der Waals surface area (Å²) in [5.41, 5.74) is -0.121. The lowest BCUT2D eigenvalue weighted by Gasteiger charge is -2.31. The van der Waals surface area contributed by atoms with Gasteiger partial charge >= 0.3 is 0 Å². The normalized spacial score (nSPS) is 16.9. The van der Waals surface area contributed by atoms with E-state index in [2.05, 4.69) is 22.1 Å². The summed E-state index contributed by atoms with van der Waals surface area (Å²) < 4.78 is 0. The Morgan fingerprint density at radius 3 is 2.85 bits per heavy atom. The number of nitrogens with zero attached hydrogens (tertiary/aromatic N) is 1. The van der Waals surface area contributed by atoms with E-state index in [-0.39, 0.29) is 18.9 Å². The van der Waals surface area contributed by atoms with Crippen LogP contribution in [0.3, 0.4) is 0 Å². The predicted molar refractivity (Wildman–Crippen MR) is 76.8 cm³/mol. The van der Waals surface area contributed by atoms with E-state index < -0.39 is 5.60 Å². The van der Waals surface area contributed by atoms with Crippen LogP contribution in [0.4, 0.5) is 0 Å². The van der Waals surface area contributed by atoms with Crippen LogP contribution >= 0.6 is 0 Å². The second-order valence-corrected chi connectivity index (χ2v) is 5.26. The molecule has 0 unspecified atom stereocenters. The molecule has 1 saturated carbocycles. The number of pyridine rings is 1. The molecule has 1 amide bonds. The van der Waals surface area contributed by atoms with Crippen molar-refractivity contribution in [2.75, 3.05) is 6.54 Å². The molecule has 0 aliphatic heterocycles. The van der Waals surface area contributed by atoms with Gasteiger partial charge < -0.3 is 10.4 Å². The fourth-order valence-electron chi connectivity index (χ4n) is 2.46. The van der Waals surface area contributed by atoms with Crippen molar-refractivity contribution < 1.29 is 9.90 Å². The Morgan fingerprint density at radius 2 is 2.15 bits per heavy atom. The molecule has 1 fully saturated rings. The monoisotopic (exact) mass is 272 g/mol. The standard InChI is InChI=1S/C16H20N2O2/c19-15(13-16(20)9-3-1-4-10-16)18-12-6-8-14-7-2-5-11-17-14/h2,5,7,11,20H,1,3-4,9-10,12-13H2,(H,18,19). The number of amides is 1. The zero-order valence-corrected chi connectivity index (χ0v) is 11.6. The zero-order valence-electron chi connectivity index (χ0n) is 11.6. The first-order chi connectivity index (χ1) is 9.68. The van der Waals surface area contributed by atoms with Gasteiger partial charge in [0, 0.05) is 6.20 Å². The summed E-state index contributed by atoms with van der Waals surface area (Å²) in [6.07, 6.45) is 6.46. The first-order valence-electron chi connectivity index (χ1n) is 7.07. The van der Waals surface area contributed by atoms with Crippen molar-refractivity contribution in [2.45, 2.75) is 44.1 Å². The molecule has 1 aliphatic rings. The number of rotatable bonds is 3. The SMILES string of the molecule is O=C(CC1(O)CCCCC1)NCC#Cc1ccccn1. The maximum Gasteiger partial charge on any atom is 0.223 e. The fourth-order valence-corrected chi connectivity index (χ4v) is 2.46. The number of aliphatic hydroxyl groups is 1. The molecular weight excluding hydrogens is 252 g/mol. The molecule has 1 aromatic heterocycles. The third-order valence-electron chi connectivity index (χ3n) is 3.53. The molecule has 0 spiro atoms. The third-order valence-corrected chi connectivity index (χ3v) is 3.53. The average Bonchev–Trinajstić information content (AvgIpc) is 2.45. The van der Waals surface area contributed by atoms with E-state index in [1.165, 1.54) is 0 Å². The minimum Gasteiger partial charge on any atom is -0.389 e. The number of carbonyl (C=O) groups excluding carboxylic acids is 1. The van der Waals surface area contributed by atoms with Gasteiger partial charge in [0.2, 0.25) is 5.91 Å². The molecule has 1 aromatic rings. The molecule has 0 atom stereocenters. The van der Waals surface area contributed by atoms with Gasteiger partial charge in [-0.05, 0) is 30.9 Å². The summed E-state index contributed by atoms with van der Waals surface area (Å²) in [6.45, 7) is 0.283. The number of aromatic nitrogens is 1. The van der Waals surface area contributed by atoms with Gasteiger partial charge in [-0.1, -0.05) is 31.2 Å². The molecule has 0 saturated heterocycles. The van der Waals surface area contributed by atoms with E-state index in [9.17, 15) is 9.90 Å². The quantitative estimate of drug-likeness (QED) is 0.822. The van der Waals surface area contributed by atoms with E-state index in [0.717, 1.165) is 32.1 Å². The first kappa shape index (κ1) is 14.5. The molecule has 20 heavy (non-hydrogen) atoms. The van der Waals surface area contributed by atoms with Gasteiger partial charge in [-0.15, -0.1) is 0 Å². The Bertz CT molecular complexity index is 496. The number of hydrogen-bond donors (Lipinski definition) is 2. The van der Waals surface area contributed by atoms with Crippen molar-refractivity contribution in [2.24, 2.45) is 0 Å². The van der Waals surface area contributed by atoms with Crippen LogP contribution in [0, 0.1) is 11.8 Å². The molecule has 2 N–H and O–H groups in total. The second kappa shape index (κ2) is 7.06. The predicted octanol–water partition coefficient (Wildman–Crippen LogP) is 1.63. The number of nitrogens with one attached hydrogen (secondary N) is 1. The van der Waals surface area contributed by atoms with Crippen LogP contribution < -0.4 is 5.32 Å². The summed E-state index contributed by atoms with van der Waals surface area (Å²) >= 11 is 0. The summed E-state index contributed by atoms with van der Waals surface area (Å²) in [4.78, 5) is 15.8.